The Morgan fingerprint density at radius 3 is 2.52 bits per heavy atom. The van der Waals surface area contributed by atoms with E-state index in [-0.39, 0.29) is 11.8 Å². The van der Waals surface area contributed by atoms with Crippen molar-refractivity contribution in [3.05, 3.63) is 48.0 Å². The van der Waals surface area contributed by atoms with Gasteiger partial charge in [-0.1, -0.05) is 25.1 Å². The van der Waals surface area contributed by atoms with Crippen LogP contribution in [0.5, 0.6) is 17.2 Å². The van der Waals surface area contributed by atoms with Crippen LogP contribution in [0.1, 0.15) is 24.8 Å². The molecule has 4 rings (SSSR count). The number of para-hydroxylation sites is 2. The number of ether oxygens (including phenoxy) is 3. The van der Waals surface area contributed by atoms with Gasteiger partial charge in [-0.2, -0.15) is 0 Å². The largest absolute Gasteiger partial charge is 0.495 e. The molecular weight excluding hydrogens is 368 g/mol. The quantitative estimate of drug-likeness (QED) is 0.776. The smallest absolute Gasteiger partial charge is 0.223 e. The fraction of sp³-hybridized carbons (Fsp3) is 0.435. The maximum absolute atomic E-state index is 12.9. The third kappa shape index (κ3) is 4.26. The van der Waals surface area contributed by atoms with Gasteiger partial charge < -0.3 is 24.0 Å². The second kappa shape index (κ2) is 8.64. The number of hydrogen-bond donors (Lipinski definition) is 0. The number of rotatable bonds is 5. The number of carbonyl (C=O) groups excluding carboxylic acids is 1. The van der Waals surface area contributed by atoms with E-state index in [1.54, 1.807) is 7.11 Å². The number of carbonyl (C=O) groups is 1. The Balaban J connectivity index is 1.34. The number of amides is 1. The zero-order valence-corrected chi connectivity index (χ0v) is 17.1. The zero-order valence-electron chi connectivity index (χ0n) is 17.1. The minimum atomic E-state index is 0.130. The standard InChI is InChI=1S/C23H28N2O4/c1-17(18-7-8-21-22(16-18)29-14-13-28-21)15-23(26)25-11-9-24(10-12-25)19-5-3-4-6-20(19)27-2/h3-8,16-17H,9-15H2,1-2H3. The molecule has 2 aromatic rings. The molecule has 2 aromatic carbocycles. The van der Waals surface area contributed by atoms with Crippen LogP contribution in [0.4, 0.5) is 5.69 Å². The Labute approximate surface area is 172 Å². The van der Waals surface area contributed by atoms with E-state index < -0.39 is 0 Å². The summed E-state index contributed by atoms with van der Waals surface area (Å²) in [5.41, 5.74) is 2.20. The summed E-state index contributed by atoms with van der Waals surface area (Å²) in [6.07, 6.45) is 0.494. The average Bonchev–Trinajstić information content (AvgIpc) is 2.78. The molecule has 1 atom stereocenters. The summed E-state index contributed by atoms with van der Waals surface area (Å²) in [6, 6.07) is 14.0. The molecule has 6 nitrogen and oxygen atoms in total. The number of nitrogens with zero attached hydrogens (tertiary/aromatic N) is 2. The first-order valence-electron chi connectivity index (χ1n) is 10.2. The lowest BCUT2D eigenvalue weighted by Gasteiger charge is -2.37. The van der Waals surface area contributed by atoms with E-state index in [0.717, 1.165) is 54.7 Å². The second-order valence-corrected chi connectivity index (χ2v) is 7.55. The van der Waals surface area contributed by atoms with Gasteiger partial charge >= 0.3 is 0 Å². The predicted molar refractivity (Wildman–Crippen MR) is 112 cm³/mol. The highest BCUT2D eigenvalue weighted by molar-refractivity contribution is 5.77. The topological polar surface area (TPSA) is 51.2 Å². The molecule has 2 aliphatic heterocycles. The van der Waals surface area contributed by atoms with Gasteiger partial charge in [0.1, 0.15) is 19.0 Å². The van der Waals surface area contributed by atoms with Crippen LogP contribution in [-0.4, -0.2) is 57.3 Å². The molecule has 0 aromatic heterocycles. The van der Waals surface area contributed by atoms with Gasteiger partial charge in [0.15, 0.2) is 11.5 Å². The summed E-state index contributed by atoms with van der Waals surface area (Å²) in [5.74, 6) is 2.77. The van der Waals surface area contributed by atoms with Crippen LogP contribution in [-0.2, 0) is 4.79 Å². The molecular formula is C23H28N2O4. The van der Waals surface area contributed by atoms with Gasteiger partial charge in [-0.25, -0.2) is 0 Å². The lowest BCUT2D eigenvalue weighted by Crippen LogP contribution is -2.49. The van der Waals surface area contributed by atoms with Gasteiger partial charge in [0.2, 0.25) is 5.91 Å². The monoisotopic (exact) mass is 396 g/mol. The molecule has 154 valence electrons. The van der Waals surface area contributed by atoms with E-state index in [4.69, 9.17) is 14.2 Å². The van der Waals surface area contributed by atoms with Gasteiger partial charge in [0.05, 0.1) is 12.8 Å². The van der Waals surface area contributed by atoms with Crippen molar-refractivity contribution in [2.45, 2.75) is 19.3 Å². The molecule has 6 heteroatoms. The van der Waals surface area contributed by atoms with Crippen molar-refractivity contribution >= 4 is 11.6 Å². The van der Waals surface area contributed by atoms with Crippen molar-refractivity contribution in [1.82, 2.24) is 4.90 Å². The average molecular weight is 396 g/mol. The van der Waals surface area contributed by atoms with Crippen LogP contribution in [0.25, 0.3) is 0 Å². The van der Waals surface area contributed by atoms with E-state index >= 15 is 0 Å². The molecule has 0 bridgehead atoms. The first kappa shape index (κ1) is 19.4. The van der Waals surface area contributed by atoms with Crippen LogP contribution < -0.4 is 19.1 Å². The Morgan fingerprint density at radius 2 is 1.76 bits per heavy atom. The number of anilines is 1. The zero-order chi connectivity index (χ0) is 20.2. The lowest BCUT2D eigenvalue weighted by atomic mass is 9.96. The van der Waals surface area contributed by atoms with Crippen molar-refractivity contribution in [3.8, 4) is 17.2 Å². The molecule has 2 aliphatic rings. The summed E-state index contributed by atoms with van der Waals surface area (Å²) in [7, 11) is 1.69. The maximum atomic E-state index is 12.9. The van der Waals surface area contributed by atoms with E-state index in [2.05, 4.69) is 17.9 Å². The summed E-state index contributed by atoms with van der Waals surface area (Å²) in [5, 5.41) is 0. The van der Waals surface area contributed by atoms with Crippen LogP contribution in [0.2, 0.25) is 0 Å². The van der Waals surface area contributed by atoms with Gasteiger partial charge in [-0.15, -0.1) is 0 Å². The van der Waals surface area contributed by atoms with Gasteiger partial charge in [0, 0.05) is 32.6 Å². The predicted octanol–water partition coefficient (Wildman–Crippen LogP) is 3.31. The summed E-state index contributed by atoms with van der Waals surface area (Å²) in [4.78, 5) is 17.1. The first-order valence-corrected chi connectivity index (χ1v) is 10.2. The summed E-state index contributed by atoms with van der Waals surface area (Å²) in [6.45, 7) is 6.32. The number of benzene rings is 2. The first-order chi connectivity index (χ1) is 14.2. The molecule has 29 heavy (non-hydrogen) atoms. The number of fused-ring (bicyclic) bond motifs is 1. The van der Waals surface area contributed by atoms with E-state index in [0.29, 0.717) is 19.6 Å². The molecule has 0 aliphatic carbocycles. The van der Waals surface area contributed by atoms with Gasteiger partial charge in [0.25, 0.3) is 0 Å². The van der Waals surface area contributed by atoms with Crippen LogP contribution in [0.3, 0.4) is 0 Å². The fourth-order valence-electron chi connectivity index (χ4n) is 3.96. The SMILES string of the molecule is COc1ccccc1N1CCN(C(=O)CC(C)c2ccc3c(c2)OCCO3)CC1. The molecule has 0 radical (unpaired) electrons. The molecule has 0 N–H and O–H groups in total. The summed E-state index contributed by atoms with van der Waals surface area (Å²) >= 11 is 0. The van der Waals surface area contributed by atoms with Crippen molar-refractivity contribution in [2.24, 2.45) is 0 Å². The molecule has 1 amide bonds. The third-order valence-electron chi connectivity index (χ3n) is 5.67. The number of methoxy groups -OCH3 is 1. The molecule has 1 unspecified atom stereocenters. The minimum absolute atomic E-state index is 0.130. The van der Waals surface area contributed by atoms with E-state index in [1.165, 1.54) is 0 Å². The second-order valence-electron chi connectivity index (χ2n) is 7.55. The lowest BCUT2D eigenvalue weighted by molar-refractivity contribution is -0.131. The number of piperazine rings is 1. The Morgan fingerprint density at radius 1 is 1.03 bits per heavy atom. The van der Waals surface area contributed by atoms with Crippen molar-refractivity contribution < 1.29 is 19.0 Å². The highest BCUT2D eigenvalue weighted by Crippen LogP contribution is 2.34. The van der Waals surface area contributed by atoms with E-state index in [1.807, 2.05) is 41.3 Å². The minimum Gasteiger partial charge on any atom is -0.495 e. The molecule has 0 saturated carbocycles. The van der Waals surface area contributed by atoms with Crippen LogP contribution >= 0.6 is 0 Å². The van der Waals surface area contributed by atoms with Gasteiger partial charge in [-0.05, 0) is 35.7 Å². The fourth-order valence-corrected chi connectivity index (χ4v) is 3.96. The third-order valence-corrected chi connectivity index (χ3v) is 5.67. The maximum Gasteiger partial charge on any atom is 0.223 e. The summed E-state index contributed by atoms with van der Waals surface area (Å²) < 4.78 is 16.7. The molecule has 2 heterocycles. The molecule has 1 saturated heterocycles. The van der Waals surface area contributed by atoms with Crippen molar-refractivity contribution in [2.75, 3.05) is 51.4 Å². The molecule has 0 spiro atoms. The highest BCUT2D eigenvalue weighted by Gasteiger charge is 2.24. The Kier molecular flexibility index (Phi) is 5.79. The van der Waals surface area contributed by atoms with Gasteiger partial charge in [-0.3, -0.25) is 4.79 Å². The Bertz CT molecular complexity index is 862. The van der Waals surface area contributed by atoms with Crippen LogP contribution in [0.15, 0.2) is 42.5 Å². The normalized spacial score (nSPS) is 17.0. The highest BCUT2D eigenvalue weighted by atomic mass is 16.6. The van der Waals surface area contributed by atoms with E-state index in [9.17, 15) is 4.79 Å². The van der Waals surface area contributed by atoms with Crippen molar-refractivity contribution in [3.63, 3.8) is 0 Å². The molecule has 1 fully saturated rings. The van der Waals surface area contributed by atoms with Crippen molar-refractivity contribution in [1.29, 1.82) is 0 Å². The Hall–Kier alpha value is -2.89. The number of hydrogen-bond acceptors (Lipinski definition) is 5. The van der Waals surface area contributed by atoms with Crippen LogP contribution in [0, 0.1) is 0 Å².